The number of carboxylic acids is 1. The average molecular weight is 373 g/mol. The molecule has 1 N–H and O–H groups in total. The molecule has 0 saturated carbocycles. The summed E-state index contributed by atoms with van der Waals surface area (Å²) in [6.45, 7) is 0. The van der Waals surface area contributed by atoms with Gasteiger partial charge >= 0.3 is 0 Å². The number of amides is 1. The number of aromatic carboxylic acids is 1. The fourth-order valence-electron chi connectivity index (χ4n) is 3.37. The first-order valence-electron chi connectivity index (χ1n) is 8.73. The van der Waals surface area contributed by atoms with Gasteiger partial charge in [-0.15, -0.1) is 0 Å². The van der Waals surface area contributed by atoms with Crippen molar-refractivity contribution in [2.45, 2.75) is 6.17 Å². The van der Waals surface area contributed by atoms with Gasteiger partial charge in [0.05, 0.1) is 24.3 Å². The quantitative estimate of drug-likeness (QED) is 0.761. The van der Waals surface area contributed by atoms with Crippen molar-refractivity contribution < 1.29 is 19.4 Å². The van der Waals surface area contributed by atoms with Gasteiger partial charge in [0.1, 0.15) is 11.9 Å². The molecule has 0 bridgehead atoms. The number of methoxy groups -OCH3 is 1. The summed E-state index contributed by atoms with van der Waals surface area (Å²) in [5.74, 6) is -0.854. The third kappa shape index (κ3) is 2.95. The lowest BCUT2D eigenvalue weighted by Gasteiger charge is -2.38. The van der Waals surface area contributed by atoms with Gasteiger partial charge in [0.25, 0.3) is 5.91 Å². The van der Waals surface area contributed by atoms with Gasteiger partial charge in [-0.1, -0.05) is 48.5 Å². The molecule has 0 aliphatic carbocycles. The second kappa shape index (κ2) is 7.08. The lowest BCUT2D eigenvalue weighted by Crippen LogP contribution is -2.43. The molecule has 1 aliphatic heterocycles. The van der Waals surface area contributed by atoms with Gasteiger partial charge in [0.2, 0.25) is 0 Å². The van der Waals surface area contributed by atoms with E-state index in [0.29, 0.717) is 22.7 Å². The molecule has 1 atom stereocenters. The molecule has 140 valence electrons. The third-order valence-electron chi connectivity index (χ3n) is 4.73. The van der Waals surface area contributed by atoms with E-state index in [1.807, 2.05) is 36.4 Å². The molecular formula is C22H17N2O4-. The highest BCUT2D eigenvalue weighted by atomic mass is 16.5. The van der Waals surface area contributed by atoms with Crippen LogP contribution in [0.15, 0.2) is 72.8 Å². The van der Waals surface area contributed by atoms with Crippen LogP contribution in [-0.2, 0) is 0 Å². The van der Waals surface area contributed by atoms with Crippen molar-refractivity contribution in [3.63, 3.8) is 0 Å². The Labute approximate surface area is 162 Å². The molecule has 3 aromatic carbocycles. The Hall–Kier alpha value is -3.80. The zero-order chi connectivity index (χ0) is 19.7. The summed E-state index contributed by atoms with van der Waals surface area (Å²) in [6.07, 6.45) is -0.533. The Morgan fingerprint density at radius 3 is 2.39 bits per heavy atom. The number of nitrogens with zero attached hydrogens (tertiary/aromatic N) is 1. The summed E-state index contributed by atoms with van der Waals surface area (Å²) in [5.41, 5.74) is 2.70. The van der Waals surface area contributed by atoms with Crippen LogP contribution < -0.4 is 20.1 Å². The van der Waals surface area contributed by atoms with Crippen molar-refractivity contribution in [2.75, 3.05) is 17.3 Å². The number of benzene rings is 3. The lowest BCUT2D eigenvalue weighted by atomic mass is 10.0. The minimum atomic E-state index is -1.24. The molecule has 1 aliphatic rings. The van der Waals surface area contributed by atoms with Crippen LogP contribution in [0.25, 0.3) is 0 Å². The van der Waals surface area contributed by atoms with Crippen LogP contribution in [0.3, 0.4) is 0 Å². The number of fused-ring (bicyclic) bond motifs is 1. The number of nitrogens with one attached hydrogen (secondary N) is 1. The number of hydrogen-bond donors (Lipinski definition) is 1. The van der Waals surface area contributed by atoms with Crippen LogP contribution in [0.2, 0.25) is 0 Å². The lowest BCUT2D eigenvalue weighted by molar-refractivity contribution is -0.255. The molecule has 28 heavy (non-hydrogen) atoms. The monoisotopic (exact) mass is 373 g/mol. The number of carbonyl (C=O) groups is 2. The van der Waals surface area contributed by atoms with Crippen LogP contribution in [0.5, 0.6) is 5.75 Å². The van der Waals surface area contributed by atoms with Gasteiger partial charge in [-0.25, -0.2) is 0 Å². The Balaban J connectivity index is 1.86. The van der Waals surface area contributed by atoms with Crippen molar-refractivity contribution >= 4 is 23.3 Å². The third-order valence-corrected chi connectivity index (χ3v) is 4.73. The summed E-state index contributed by atoms with van der Waals surface area (Å²) in [6, 6.07) is 20.8. The van der Waals surface area contributed by atoms with E-state index < -0.39 is 12.1 Å². The molecule has 0 unspecified atom stereocenters. The van der Waals surface area contributed by atoms with Crippen LogP contribution in [0.4, 0.5) is 11.4 Å². The molecule has 1 amide bonds. The average Bonchev–Trinajstić information content (AvgIpc) is 2.74. The number of carboxylic acid groups (broad SMARTS) is 1. The maximum atomic E-state index is 13.4. The SMILES string of the molecule is COc1ccccc1N1C(=O)c2ccccc2N[C@H]1c1ccc(C(=O)[O-])cc1. The Morgan fingerprint density at radius 2 is 1.68 bits per heavy atom. The largest absolute Gasteiger partial charge is 0.545 e. The first-order valence-corrected chi connectivity index (χ1v) is 8.73. The second-order valence-corrected chi connectivity index (χ2v) is 6.35. The molecule has 0 saturated heterocycles. The minimum Gasteiger partial charge on any atom is -0.545 e. The van der Waals surface area contributed by atoms with Gasteiger partial charge in [-0.3, -0.25) is 9.69 Å². The van der Waals surface area contributed by atoms with Crippen molar-refractivity contribution in [3.05, 3.63) is 89.5 Å². The van der Waals surface area contributed by atoms with Crippen LogP contribution >= 0.6 is 0 Å². The summed E-state index contributed by atoms with van der Waals surface area (Å²) in [4.78, 5) is 26.1. The normalized spacial score (nSPS) is 15.5. The highest BCUT2D eigenvalue weighted by molar-refractivity contribution is 6.12. The van der Waals surface area contributed by atoms with Crippen LogP contribution in [-0.4, -0.2) is 19.0 Å². The topological polar surface area (TPSA) is 81.7 Å². The second-order valence-electron chi connectivity index (χ2n) is 6.35. The van der Waals surface area contributed by atoms with E-state index in [1.54, 1.807) is 36.3 Å². The van der Waals surface area contributed by atoms with E-state index in [4.69, 9.17) is 4.74 Å². The number of anilines is 2. The predicted molar refractivity (Wildman–Crippen MR) is 103 cm³/mol. The highest BCUT2D eigenvalue weighted by Crippen LogP contribution is 2.40. The first kappa shape index (κ1) is 17.6. The van der Waals surface area contributed by atoms with E-state index >= 15 is 0 Å². The Kier molecular flexibility index (Phi) is 4.45. The van der Waals surface area contributed by atoms with Crippen LogP contribution in [0, 0.1) is 0 Å². The van der Waals surface area contributed by atoms with E-state index in [1.165, 1.54) is 12.1 Å². The van der Waals surface area contributed by atoms with Gasteiger partial charge in [0.15, 0.2) is 0 Å². The molecule has 6 heteroatoms. The fraction of sp³-hybridized carbons (Fsp3) is 0.0909. The predicted octanol–water partition coefficient (Wildman–Crippen LogP) is 2.83. The van der Waals surface area contributed by atoms with Crippen molar-refractivity contribution in [1.82, 2.24) is 0 Å². The molecule has 3 aromatic rings. The molecule has 0 spiro atoms. The Bertz CT molecular complexity index is 1050. The van der Waals surface area contributed by atoms with Crippen molar-refractivity contribution in [3.8, 4) is 5.75 Å². The molecule has 6 nitrogen and oxygen atoms in total. The fourth-order valence-corrected chi connectivity index (χ4v) is 3.37. The van der Waals surface area contributed by atoms with Crippen molar-refractivity contribution in [2.24, 2.45) is 0 Å². The zero-order valence-electron chi connectivity index (χ0n) is 15.1. The van der Waals surface area contributed by atoms with Crippen molar-refractivity contribution in [1.29, 1.82) is 0 Å². The zero-order valence-corrected chi connectivity index (χ0v) is 15.1. The number of hydrogen-bond acceptors (Lipinski definition) is 5. The minimum absolute atomic E-state index is 0.0788. The first-order chi connectivity index (χ1) is 13.6. The number of ether oxygens (including phenoxy) is 1. The molecule has 4 rings (SSSR count). The molecule has 0 fully saturated rings. The molecule has 0 radical (unpaired) electrons. The molecule has 1 heterocycles. The smallest absolute Gasteiger partial charge is 0.262 e. The van der Waals surface area contributed by atoms with Gasteiger partial charge in [-0.05, 0) is 35.4 Å². The number of para-hydroxylation sites is 3. The summed E-state index contributed by atoms with van der Waals surface area (Å²) >= 11 is 0. The summed E-state index contributed by atoms with van der Waals surface area (Å²) in [7, 11) is 1.55. The van der Waals surface area contributed by atoms with E-state index in [2.05, 4.69) is 5.32 Å². The summed E-state index contributed by atoms with van der Waals surface area (Å²) < 4.78 is 5.46. The highest BCUT2D eigenvalue weighted by Gasteiger charge is 2.35. The maximum Gasteiger partial charge on any atom is 0.262 e. The van der Waals surface area contributed by atoms with Gasteiger partial charge in [0, 0.05) is 5.69 Å². The van der Waals surface area contributed by atoms with E-state index in [-0.39, 0.29) is 11.5 Å². The van der Waals surface area contributed by atoms with E-state index in [0.717, 1.165) is 5.56 Å². The summed E-state index contributed by atoms with van der Waals surface area (Å²) in [5, 5.41) is 14.4. The van der Waals surface area contributed by atoms with Crippen LogP contribution in [0.1, 0.15) is 32.4 Å². The maximum absolute atomic E-state index is 13.4. The Morgan fingerprint density at radius 1 is 1.00 bits per heavy atom. The van der Waals surface area contributed by atoms with E-state index in [9.17, 15) is 14.7 Å². The molecule has 0 aromatic heterocycles. The molecular weight excluding hydrogens is 356 g/mol. The van der Waals surface area contributed by atoms with Gasteiger partial charge in [-0.2, -0.15) is 0 Å². The number of rotatable bonds is 4. The standard InChI is InChI=1S/C22H18N2O4/c1-28-19-9-5-4-8-18(19)24-20(14-10-12-15(13-11-14)22(26)27)23-17-7-3-2-6-16(17)21(24)25/h2-13,20,23H,1H3,(H,26,27)/p-1/t20-/m1/s1. The number of carbonyl (C=O) groups excluding carboxylic acids is 2. The van der Waals surface area contributed by atoms with Gasteiger partial charge < -0.3 is 20.0 Å².